The Labute approximate surface area is 104 Å². The van der Waals surface area contributed by atoms with Crippen LogP contribution < -0.4 is 0 Å². The molecule has 0 N–H and O–H groups in total. The fourth-order valence-corrected chi connectivity index (χ4v) is 1.64. The summed E-state index contributed by atoms with van der Waals surface area (Å²) < 4.78 is 0. The van der Waals surface area contributed by atoms with Crippen LogP contribution in [0.3, 0.4) is 0 Å². The van der Waals surface area contributed by atoms with E-state index in [1.54, 1.807) is 11.3 Å². The molecule has 0 aliphatic carbocycles. The van der Waals surface area contributed by atoms with Gasteiger partial charge in [0, 0.05) is 26.3 Å². The van der Waals surface area contributed by atoms with Crippen LogP contribution in [0.15, 0.2) is 41.9 Å². The van der Waals surface area contributed by atoms with Gasteiger partial charge in [0.15, 0.2) is 0 Å². The maximum atomic E-state index is 4.23. The summed E-state index contributed by atoms with van der Waals surface area (Å²) in [5.74, 6) is 0. The summed E-state index contributed by atoms with van der Waals surface area (Å²) in [6, 6.07) is 10.1. The second-order valence-corrected chi connectivity index (χ2v) is 3.14. The van der Waals surface area contributed by atoms with Gasteiger partial charge < -0.3 is 14.9 Å². The molecule has 2 rings (SSSR count). The van der Waals surface area contributed by atoms with E-state index in [4.69, 9.17) is 0 Å². The summed E-state index contributed by atoms with van der Waals surface area (Å²) in [6.07, 6.45) is 1.81. The van der Waals surface area contributed by atoms with Crippen molar-refractivity contribution in [1.29, 1.82) is 0 Å². The van der Waals surface area contributed by atoms with Crippen LogP contribution in [0, 0.1) is 14.9 Å². The summed E-state index contributed by atoms with van der Waals surface area (Å²) in [7, 11) is 0. The average molecular weight is 384 g/mol. The average Bonchev–Trinajstić information content (AvgIpc) is 2.58. The van der Waals surface area contributed by atoms with Gasteiger partial charge in [0.05, 0.1) is 10.6 Å². The largest absolute Gasteiger partial charge is 0.358 e. The van der Waals surface area contributed by atoms with Crippen LogP contribution in [-0.4, -0.2) is 4.98 Å². The van der Waals surface area contributed by atoms with Gasteiger partial charge in [-0.25, -0.2) is 0 Å². The Kier molecular flexibility index (Phi) is 8.96. The van der Waals surface area contributed by atoms with Crippen molar-refractivity contribution in [3.63, 3.8) is 0 Å². The van der Waals surface area contributed by atoms with E-state index in [0.717, 1.165) is 5.69 Å². The molecular weight excluding hydrogens is 370 g/mol. The zero-order valence-corrected chi connectivity index (χ0v) is 11.4. The second kappa shape index (κ2) is 7.86. The first-order valence-corrected chi connectivity index (χ1v) is 4.30. The summed E-state index contributed by atoms with van der Waals surface area (Å²) >= 11 is 1.71. The normalized spacial score (nSPS) is 7.71. The molecule has 1 radical (unpaired) electrons. The molecule has 0 atom stereocenters. The zero-order valence-electron chi connectivity index (χ0n) is 8.23. The number of nitrogens with zero attached hydrogens (tertiary/aromatic N) is 1. The van der Waals surface area contributed by atoms with Gasteiger partial charge in [-0.3, -0.25) is 4.98 Å². The Bertz CT molecular complexity index is 318. The van der Waals surface area contributed by atoms with E-state index in [9.17, 15) is 0 Å². The standard InChI is InChI=1S/C9H7NS.2CH3.Ir/c1-2-6-10-8(4-1)9-5-3-7-11-9;;;/h1-7H;2*1H3;/q;2*-1;. The van der Waals surface area contributed by atoms with Gasteiger partial charge in [-0.2, -0.15) is 0 Å². The number of thiophene rings is 1. The maximum absolute atomic E-state index is 4.23. The van der Waals surface area contributed by atoms with Gasteiger partial charge in [0.25, 0.3) is 0 Å². The smallest absolute Gasteiger partial charge is 0.0801 e. The maximum Gasteiger partial charge on any atom is 0.0801 e. The van der Waals surface area contributed by atoms with Gasteiger partial charge in [0.1, 0.15) is 0 Å². The third-order valence-electron chi connectivity index (χ3n) is 1.44. The number of hydrogen-bond donors (Lipinski definition) is 0. The summed E-state index contributed by atoms with van der Waals surface area (Å²) in [5.41, 5.74) is 1.06. The summed E-state index contributed by atoms with van der Waals surface area (Å²) in [4.78, 5) is 5.46. The third-order valence-corrected chi connectivity index (χ3v) is 2.33. The molecule has 0 saturated carbocycles. The molecule has 79 valence electrons. The number of hydrogen-bond acceptors (Lipinski definition) is 2. The molecule has 0 amide bonds. The van der Waals surface area contributed by atoms with Crippen LogP contribution in [-0.2, 0) is 20.1 Å². The van der Waals surface area contributed by atoms with Crippen molar-refractivity contribution < 1.29 is 20.1 Å². The molecule has 0 aliphatic rings. The van der Waals surface area contributed by atoms with Crippen molar-refractivity contribution in [3.8, 4) is 10.6 Å². The van der Waals surface area contributed by atoms with Crippen molar-refractivity contribution in [1.82, 2.24) is 4.98 Å². The molecule has 0 aromatic carbocycles. The molecule has 0 bridgehead atoms. The molecule has 2 aromatic rings. The van der Waals surface area contributed by atoms with E-state index < -0.39 is 0 Å². The van der Waals surface area contributed by atoms with Gasteiger partial charge in [-0.1, -0.05) is 12.1 Å². The Hall–Kier alpha value is -0.501. The molecule has 0 fully saturated rings. The number of aromatic nitrogens is 1. The van der Waals surface area contributed by atoms with Crippen molar-refractivity contribution in [2.75, 3.05) is 0 Å². The monoisotopic (exact) mass is 384 g/mol. The van der Waals surface area contributed by atoms with Crippen molar-refractivity contribution >= 4 is 11.3 Å². The molecule has 14 heavy (non-hydrogen) atoms. The van der Waals surface area contributed by atoms with Crippen molar-refractivity contribution in [2.24, 2.45) is 0 Å². The molecule has 0 spiro atoms. The molecular formula is C11H13IrNS-2. The number of pyridine rings is 1. The van der Waals surface area contributed by atoms with Gasteiger partial charge in [-0.15, -0.1) is 11.3 Å². The van der Waals surface area contributed by atoms with Crippen LogP contribution in [0.4, 0.5) is 0 Å². The first-order chi connectivity index (χ1) is 5.47. The van der Waals surface area contributed by atoms with E-state index in [1.165, 1.54) is 4.88 Å². The minimum Gasteiger partial charge on any atom is -0.358 e. The molecule has 0 saturated heterocycles. The Morgan fingerprint density at radius 1 is 1.00 bits per heavy atom. The topological polar surface area (TPSA) is 12.9 Å². The molecule has 0 unspecified atom stereocenters. The van der Waals surface area contributed by atoms with Gasteiger partial charge in [0.2, 0.25) is 0 Å². The molecule has 2 aromatic heterocycles. The second-order valence-electron chi connectivity index (χ2n) is 2.19. The molecule has 2 heterocycles. The van der Waals surface area contributed by atoms with Crippen LogP contribution in [0.1, 0.15) is 0 Å². The fourth-order valence-electron chi connectivity index (χ4n) is 0.933. The van der Waals surface area contributed by atoms with E-state index in [0.29, 0.717) is 0 Å². The van der Waals surface area contributed by atoms with Crippen molar-refractivity contribution in [2.45, 2.75) is 0 Å². The predicted octanol–water partition coefficient (Wildman–Crippen LogP) is 3.71. The molecule has 1 nitrogen and oxygen atoms in total. The first-order valence-electron chi connectivity index (χ1n) is 3.42. The summed E-state index contributed by atoms with van der Waals surface area (Å²) in [6.45, 7) is 0. The van der Waals surface area contributed by atoms with E-state index in [2.05, 4.69) is 16.4 Å². The quantitative estimate of drug-likeness (QED) is 0.684. The predicted molar refractivity (Wildman–Crippen MR) is 60.4 cm³/mol. The summed E-state index contributed by atoms with van der Waals surface area (Å²) in [5, 5.41) is 2.06. The Balaban J connectivity index is 0. The number of rotatable bonds is 1. The van der Waals surface area contributed by atoms with Crippen LogP contribution in [0.5, 0.6) is 0 Å². The first kappa shape index (κ1) is 15.9. The SMILES string of the molecule is [CH3-].[CH3-].[Ir].c1ccc(-c2cccs2)nc1. The molecule has 3 heteroatoms. The Morgan fingerprint density at radius 3 is 2.29 bits per heavy atom. The van der Waals surface area contributed by atoms with Crippen LogP contribution in [0.2, 0.25) is 0 Å². The van der Waals surface area contributed by atoms with Crippen LogP contribution in [0.25, 0.3) is 10.6 Å². The van der Waals surface area contributed by atoms with Gasteiger partial charge >= 0.3 is 0 Å². The fraction of sp³-hybridized carbons (Fsp3) is 0. The minimum atomic E-state index is 0. The minimum absolute atomic E-state index is 0. The van der Waals surface area contributed by atoms with Gasteiger partial charge in [-0.05, 0) is 23.6 Å². The van der Waals surface area contributed by atoms with Crippen LogP contribution >= 0.6 is 11.3 Å². The van der Waals surface area contributed by atoms with E-state index in [-0.39, 0.29) is 35.0 Å². The Morgan fingerprint density at radius 2 is 1.79 bits per heavy atom. The zero-order chi connectivity index (χ0) is 7.52. The van der Waals surface area contributed by atoms with E-state index in [1.807, 2.05) is 30.5 Å². The van der Waals surface area contributed by atoms with Crippen molar-refractivity contribution in [3.05, 3.63) is 56.8 Å². The van der Waals surface area contributed by atoms with E-state index >= 15 is 0 Å². The molecule has 0 aliphatic heterocycles. The third kappa shape index (κ3) is 3.70.